The van der Waals surface area contributed by atoms with Crippen molar-refractivity contribution in [3.63, 3.8) is 0 Å². The molecule has 4 nitrogen and oxygen atoms in total. The number of pyridine rings is 1. The van der Waals surface area contributed by atoms with Crippen molar-refractivity contribution in [2.75, 3.05) is 5.32 Å². The third kappa shape index (κ3) is 3.26. The van der Waals surface area contributed by atoms with Gasteiger partial charge in [0.25, 0.3) is 5.91 Å². The molecule has 3 rings (SSSR count). The summed E-state index contributed by atoms with van der Waals surface area (Å²) in [7, 11) is 1.71. The molecule has 25 heavy (non-hydrogen) atoms. The molecular formula is C18H13F3N2O2. The highest BCUT2D eigenvalue weighted by Crippen LogP contribution is 2.29. The first-order chi connectivity index (χ1) is 11.8. The molecule has 3 aromatic rings. The van der Waals surface area contributed by atoms with Crippen molar-refractivity contribution in [2.45, 2.75) is 6.18 Å². The SMILES string of the molecule is Cn1cc(C(=O)Nc2ccc(C(F)(F)F)cc2)c(=O)c2ccccc21. The summed E-state index contributed by atoms with van der Waals surface area (Å²) in [5.74, 6) is -0.675. The number of hydrogen-bond acceptors (Lipinski definition) is 2. The van der Waals surface area contributed by atoms with Crippen LogP contribution in [0.2, 0.25) is 0 Å². The van der Waals surface area contributed by atoms with Gasteiger partial charge in [0.05, 0.1) is 11.1 Å². The van der Waals surface area contributed by atoms with E-state index in [4.69, 9.17) is 0 Å². The van der Waals surface area contributed by atoms with Crippen LogP contribution >= 0.6 is 0 Å². The molecule has 0 saturated carbocycles. The zero-order chi connectivity index (χ0) is 18.2. The van der Waals surface area contributed by atoms with E-state index in [1.807, 2.05) is 0 Å². The quantitative estimate of drug-likeness (QED) is 0.767. The van der Waals surface area contributed by atoms with Crippen LogP contribution in [-0.4, -0.2) is 10.5 Å². The monoisotopic (exact) mass is 346 g/mol. The highest BCUT2D eigenvalue weighted by atomic mass is 19.4. The molecule has 0 spiro atoms. The zero-order valence-corrected chi connectivity index (χ0v) is 13.1. The first-order valence-corrected chi connectivity index (χ1v) is 7.34. The fraction of sp³-hybridized carbons (Fsp3) is 0.111. The summed E-state index contributed by atoms with van der Waals surface area (Å²) in [4.78, 5) is 24.8. The maximum absolute atomic E-state index is 12.6. The van der Waals surface area contributed by atoms with E-state index in [2.05, 4.69) is 5.32 Å². The van der Waals surface area contributed by atoms with Crippen molar-refractivity contribution < 1.29 is 18.0 Å². The van der Waals surface area contributed by atoms with Gasteiger partial charge in [0.15, 0.2) is 0 Å². The predicted molar refractivity (Wildman–Crippen MR) is 88.6 cm³/mol. The molecule has 0 atom stereocenters. The van der Waals surface area contributed by atoms with Gasteiger partial charge in [-0.15, -0.1) is 0 Å². The van der Waals surface area contributed by atoms with Crippen LogP contribution in [-0.2, 0) is 13.2 Å². The Labute approximate surface area is 140 Å². The molecule has 0 aliphatic heterocycles. The lowest BCUT2D eigenvalue weighted by Crippen LogP contribution is -2.23. The fourth-order valence-corrected chi connectivity index (χ4v) is 2.54. The van der Waals surface area contributed by atoms with E-state index in [9.17, 15) is 22.8 Å². The zero-order valence-electron chi connectivity index (χ0n) is 13.1. The number of para-hydroxylation sites is 1. The Kier molecular flexibility index (Phi) is 4.08. The lowest BCUT2D eigenvalue weighted by molar-refractivity contribution is -0.137. The fourth-order valence-electron chi connectivity index (χ4n) is 2.54. The van der Waals surface area contributed by atoms with E-state index in [0.29, 0.717) is 10.9 Å². The number of aromatic nitrogens is 1. The number of nitrogens with zero attached hydrogens (tertiary/aromatic N) is 1. The van der Waals surface area contributed by atoms with Gasteiger partial charge in [-0.05, 0) is 36.4 Å². The summed E-state index contributed by atoms with van der Waals surface area (Å²) in [5, 5.41) is 2.84. The number of anilines is 1. The molecule has 0 bridgehead atoms. The number of amides is 1. The van der Waals surface area contributed by atoms with Gasteiger partial charge in [0.1, 0.15) is 5.56 Å². The molecule has 0 radical (unpaired) electrons. The van der Waals surface area contributed by atoms with E-state index in [0.717, 1.165) is 24.3 Å². The van der Waals surface area contributed by atoms with Crippen molar-refractivity contribution in [1.82, 2.24) is 4.57 Å². The molecule has 0 aliphatic rings. The Morgan fingerprint density at radius 2 is 1.68 bits per heavy atom. The van der Waals surface area contributed by atoms with Crippen LogP contribution in [0.4, 0.5) is 18.9 Å². The molecule has 128 valence electrons. The minimum atomic E-state index is -4.45. The Morgan fingerprint density at radius 1 is 1.04 bits per heavy atom. The minimum Gasteiger partial charge on any atom is -0.350 e. The number of halogens is 3. The number of alkyl halides is 3. The topological polar surface area (TPSA) is 51.1 Å². The lowest BCUT2D eigenvalue weighted by Gasteiger charge is -2.10. The highest BCUT2D eigenvalue weighted by Gasteiger charge is 2.30. The second kappa shape index (κ2) is 6.08. The molecule has 0 aliphatic carbocycles. The van der Waals surface area contributed by atoms with Crippen LogP contribution in [0.25, 0.3) is 10.9 Å². The van der Waals surface area contributed by atoms with Crippen LogP contribution in [0.15, 0.2) is 59.5 Å². The van der Waals surface area contributed by atoms with Crippen molar-refractivity contribution in [1.29, 1.82) is 0 Å². The van der Waals surface area contributed by atoms with Gasteiger partial charge in [-0.25, -0.2) is 0 Å². The molecule has 2 aromatic carbocycles. The number of hydrogen-bond donors (Lipinski definition) is 1. The Hall–Kier alpha value is -3.09. The second-order valence-corrected chi connectivity index (χ2v) is 5.53. The molecule has 0 saturated heterocycles. The number of carbonyl (C=O) groups is 1. The average molecular weight is 346 g/mol. The van der Waals surface area contributed by atoms with Gasteiger partial charge in [0, 0.05) is 24.3 Å². The van der Waals surface area contributed by atoms with Gasteiger partial charge >= 0.3 is 6.18 Å². The van der Waals surface area contributed by atoms with Gasteiger partial charge < -0.3 is 9.88 Å². The third-order valence-corrected chi connectivity index (χ3v) is 3.81. The summed E-state index contributed by atoms with van der Waals surface area (Å²) < 4.78 is 39.3. The Balaban J connectivity index is 1.93. The summed E-state index contributed by atoms with van der Waals surface area (Å²) in [6.45, 7) is 0. The van der Waals surface area contributed by atoms with E-state index < -0.39 is 23.1 Å². The molecule has 1 amide bonds. The Morgan fingerprint density at radius 3 is 2.32 bits per heavy atom. The normalized spacial score (nSPS) is 11.5. The molecule has 0 unspecified atom stereocenters. The van der Waals surface area contributed by atoms with Crippen molar-refractivity contribution >= 4 is 22.5 Å². The molecule has 0 fully saturated rings. The molecule has 1 aromatic heterocycles. The van der Waals surface area contributed by atoms with Crippen LogP contribution in [0, 0.1) is 0 Å². The predicted octanol–water partition coefficient (Wildman–Crippen LogP) is 3.81. The largest absolute Gasteiger partial charge is 0.416 e. The van der Waals surface area contributed by atoms with E-state index in [1.165, 1.54) is 6.20 Å². The van der Waals surface area contributed by atoms with Crippen LogP contribution < -0.4 is 10.7 Å². The molecule has 1 N–H and O–H groups in total. The molecular weight excluding hydrogens is 333 g/mol. The van der Waals surface area contributed by atoms with Crippen molar-refractivity contribution in [3.05, 3.63) is 76.1 Å². The number of carbonyl (C=O) groups excluding carboxylic acids is 1. The van der Waals surface area contributed by atoms with Crippen molar-refractivity contribution in [2.24, 2.45) is 7.05 Å². The number of aryl methyl sites for hydroxylation is 1. The van der Waals surface area contributed by atoms with E-state index in [1.54, 1.807) is 35.9 Å². The number of rotatable bonds is 2. The van der Waals surface area contributed by atoms with Gasteiger partial charge in [-0.2, -0.15) is 13.2 Å². The smallest absolute Gasteiger partial charge is 0.350 e. The lowest BCUT2D eigenvalue weighted by atomic mass is 10.1. The van der Waals surface area contributed by atoms with Gasteiger partial charge in [-0.3, -0.25) is 9.59 Å². The third-order valence-electron chi connectivity index (χ3n) is 3.81. The van der Waals surface area contributed by atoms with E-state index >= 15 is 0 Å². The molecule has 1 heterocycles. The number of nitrogens with one attached hydrogen (secondary N) is 1. The Bertz CT molecular complexity index is 1010. The highest BCUT2D eigenvalue weighted by molar-refractivity contribution is 6.05. The first-order valence-electron chi connectivity index (χ1n) is 7.34. The average Bonchev–Trinajstić information content (AvgIpc) is 2.58. The summed E-state index contributed by atoms with van der Waals surface area (Å²) >= 11 is 0. The van der Waals surface area contributed by atoms with Crippen molar-refractivity contribution in [3.8, 4) is 0 Å². The van der Waals surface area contributed by atoms with Crippen LogP contribution in [0.3, 0.4) is 0 Å². The number of fused-ring (bicyclic) bond motifs is 1. The number of benzene rings is 2. The minimum absolute atomic E-state index is 0.0823. The summed E-state index contributed by atoms with van der Waals surface area (Å²) in [5.41, 5.74) is -0.474. The maximum atomic E-state index is 12.6. The van der Waals surface area contributed by atoms with Crippen LogP contribution in [0.5, 0.6) is 0 Å². The van der Waals surface area contributed by atoms with E-state index in [-0.39, 0.29) is 11.3 Å². The molecule has 7 heteroatoms. The second-order valence-electron chi connectivity index (χ2n) is 5.53. The maximum Gasteiger partial charge on any atom is 0.416 e. The van der Waals surface area contributed by atoms with Gasteiger partial charge in [0.2, 0.25) is 5.43 Å². The summed E-state index contributed by atoms with van der Waals surface area (Å²) in [6, 6.07) is 10.9. The van der Waals surface area contributed by atoms with Crippen LogP contribution in [0.1, 0.15) is 15.9 Å². The summed E-state index contributed by atoms with van der Waals surface area (Å²) in [6.07, 6.45) is -3.04. The first kappa shape index (κ1) is 16.8. The standard InChI is InChI=1S/C18H13F3N2O2/c1-23-10-14(16(24)13-4-2-3-5-15(13)23)17(25)22-12-8-6-11(7-9-12)18(19,20)21/h2-10H,1H3,(H,22,25). The van der Waals surface area contributed by atoms with Gasteiger partial charge in [-0.1, -0.05) is 12.1 Å².